The Balaban J connectivity index is 1.99. The summed E-state index contributed by atoms with van der Waals surface area (Å²) in [6.45, 7) is 10.7. The molecule has 2 fully saturated rings. The summed E-state index contributed by atoms with van der Waals surface area (Å²) in [6.07, 6.45) is 0.328. The SMILES string of the molecule is COc1ccc(C2(C3C(=O)OC(C)(C)OC3=O)CCN(C(=O)OC(C)(C)C)C(C)C2)cc1. The molecule has 0 aliphatic carbocycles. The monoisotopic (exact) mass is 447 g/mol. The summed E-state index contributed by atoms with van der Waals surface area (Å²) in [6, 6.07) is 7.03. The third kappa shape index (κ3) is 4.69. The molecule has 2 aliphatic heterocycles. The molecule has 2 heterocycles. The van der Waals surface area contributed by atoms with Crippen molar-refractivity contribution < 1.29 is 33.3 Å². The zero-order valence-corrected chi connectivity index (χ0v) is 19.9. The highest BCUT2D eigenvalue weighted by atomic mass is 16.7. The first-order valence-corrected chi connectivity index (χ1v) is 10.9. The average Bonchev–Trinajstić information content (AvgIpc) is 2.65. The van der Waals surface area contributed by atoms with Crippen molar-refractivity contribution in [1.82, 2.24) is 4.90 Å². The second-order valence-electron chi connectivity index (χ2n) is 10.0. The number of carbonyl (C=O) groups excluding carboxylic acids is 3. The highest BCUT2D eigenvalue weighted by molar-refractivity contribution is 5.98. The van der Waals surface area contributed by atoms with Crippen LogP contribution in [0.4, 0.5) is 4.79 Å². The normalized spacial score (nSPS) is 26.2. The lowest BCUT2D eigenvalue weighted by Gasteiger charge is -2.49. The van der Waals surface area contributed by atoms with Crippen molar-refractivity contribution in [2.45, 2.75) is 77.2 Å². The van der Waals surface area contributed by atoms with Gasteiger partial charge in [0.25, 0.3) is 5.79 Å². The number of cyclic esters (lactones) is 2. The number of benzene rings is 1. The Bertz CT molecular complexity index is 867. The van der Waals surface area contributed by atoms with Crippen LogP contribution in [0.5, 0.6) is 5.75 Å². The second kappa shape index (κ2) is 8.30. The van der Waals surface area contributed by atoms with Gasteiger partial charge in [0.05, 0.1) is 7.11 Å². The quantitative estimate of drug-likeness (QED) is 0.514. The third-order valence-corrected chi connectivity index (χ3v) is 6.00. The lowest BCUT2D eigenvalue weighted by atomic mass is 9.62. The average molecular weight is 448 g/mol. The number of ether oxygens (including phenoxy) is 4. The number of hydrogen-bond donors (Lipinski definition) is 0. The molecule has 2 aliphatic rings. The van der Waals surface area contributed by atoms with Crippen LogP contribution < -0.4 is 4.74 Å². The molecule has 0 aromatic heterocycles. The molecule has 2 atom stereocenters. The van der Waals surface area contributed by atoms with Crippen molar-refractivity contribution in [2.24, 2.45) is 5.92 Å². The number of rotatable bonds is 3. The molecule has 0 radical (unpaired) electrons. The van der Waals surface area contributed by atoms with Gasteiger partial charge in [0.2, 0.25) is 0 Å². The van der Waals surface area contributed by atoms with Crippen molar-refractivity contribution in [3.05, 3.63) is 29.8 Å². The summed E-state index contributed by atoms with van der Waals surface area (Å²) in [5, 5.41) is 0. The Hall–Kier alpha value is -2.77. The number of amides is 1. The van der Waals surface area contributed by atoms with Crippen molar-refractivity contribution in [3.63, 3.8) is 0 Å². The molecule has 32 heavy (non-hydrogen) atoms. The lowest BCUT2D eigenvalue weighted by Crippen LogP contribution is -2.60. The van der Waals surface area contributed by atoms with Gasteiger partial charge in [0, 0.05) is 31.8 Å². The maximum Gasteiger partial charge on any atom is 0.410 e. The third-order valence-electron chi connectivity index (χ3n) is 6.00. The van der Waals surface area contributed by atoms with E-state index in [1.807, 2.05) is 39.8 Å². The molecule has 3 rings (SSSR count). The standard InChI is InChI=1S/C24H33NO7/c1-15-14-24(16-8-10-17(29-7)11-9-16,12-13-25(15)21(28)32-22(2,3)4)18-19(26)30-23(5,6)31-20(18)27/h8-11,15,18H,12-14H2,1-7H3. The molecular weight excluding hydrogens is 414 g/mol. The Labute approximate surface area is 189 Å². The van der Waals surface area contributed by atoms with E-state index < -0.39 is 40.8 Å². The van der Waals surface area contributed by atoms with Crippen LogP contribution in [-0.4, -0.2) is 54.0 Å². The van der Waals surface area contributed by atoms with Crippen LogP contribution in [0.3, 0.4) is 0 Å². The highest BCUT2D eigenvalue weighted by Gasteiger charge is 2.57. The van der Waals surface area contributed by atoms with E-state index in [1.165, 1.54) is 13.8 Å². The zero-order valence-electron chi connectivity index (χ0n) is 19.9. The number of esters is 2. The first kappa shape index (κ1) is 23.9. The maximum atomic E-state index is 13.1. The van der Waals surface area contributed by atoms with E-state index in [-0.39, 0.29) is 6.04 Å². The van der Waals surface area contributed by atoms with Gasteiger partial charge in [0.1, 0.15) is 11.4 Å². The number of likely N-dealkylation sites (tertiary alicyclic amines) is 1. The minimum Gasteiger partial charge on any atom is -0.497 e. The van der Waals surface area contributed by atoms with Crippen LogP contribution in [0.15, 0.2) is 24.3 Å². The molecule has 176 valence electrons. The minimum absolute atomic E-state index is 0.281. The van der Waals surface area contributed by atoms with Gasteiger partial charge >= 0.3 is 18.0 Å². The lowest BCUT2D eigenvalue weighted by molar-refractivity contribution is -0.244. The number of piperidine rings is 1. The number of hydrogen-bond acceptors (Lipinski definition) is 7. The molecule has 8 heteroatoms. The Kier molecular flexibility index (Phi) is 6.19. The number of nitrogens with zero attached hydrogens (tertiary/aromatic N) is 1. The van der Waals surface area contributed by atoms with E-state index in [4.69, 9.17) is 18.9 Å². The summed E-state index contributed by atoms with van der Waals surface area (Å²) in [5.74, 6) is -3.00. The van der Waals surface area contributed by atoms with Crippen molar-refractivity contribution in [2.75, 3.05) is 13.7 Å². The van der Waals surface area contributed by atoms with E-state index in [0.29, 0.717) is 25.1 Å². The largest absolute Gasteiger partial charge is 0.497 e. The topological polar surface area (TPSA) is 91.4 Å². The van der Waals surface area contributed by atoms with Gasteiger partial charge in [-0.3, -0.25) is 9.59 Å². The van der Waals surface area contributed by atoms with E-state index in [2.05, 4.69) is 0 Å². The molecule has 8 nitrogen and oxygen atoms in total. The van der Waals surface area contributed by atoms with Gasteiger partial charge in [-0.15, -0.1) is 0 Å². The molecule has 0 saturated carbocycles. The zero-order chi connectivity index (χ0) is 23.9. The minimum atomic E-state index is -1.31. The van der Waals surface area contributed by atoms with E-state index in [1.54, 1.807) is 24.1 Å². The van der Waals surface area contributed by atoms with Gasteiger partial charge in [-0.1, -0.05) is 12.1 Å². The van der Waals surface area contributed by atoms with Crippen molar-refractivity contribution in [1.29, 1.82) is 0 Å². The molecule has 2 unspecified atom stereocenters. The first-order chi connectivity index (χ1) is 14.8. The second-order valence-corrected chi connectivity index (χ2v) is 10.0. The van der Waals surface area contributed by atoms with Gasteiger partial charge in [-0.25, -0.2) is 4.79 Å². The Morgan fingerprint density at radius 1 is 1.09 bits per heavy atom. The molecule has 1 aromatic rings. The predicted molar refractivity (Wildman–Crippen MR) is 116 cm³/mol. The van der Waals surface area contributed by atoms with Crippen LogP contribution in [0.1, 0.15) is 59.9 Å². The fourth-order valence-corrected chi connectivity index (χ4v) is 4.66. The van der Waals surface area contributed by atoms with Crippen LogP contribution in [0.25, 0.3) is 0 Å². The Morgan fingerprint density at radius 3 is 2.12 bits per heavy atom. The smallest absolute Gasteiger partial charge is 0.410 e. The van der Waals surface area contributed by atoms with Gasteiger partial charge in [-0.2, -0.15) is 0 Å². The fraction of sp³-hybridized carbons (Fsp3) is 0.625. The molecule has 0 bridgehead atoms. The molecule has 0 N–H and O–H groups in total. The van der Waals surface area contributed by atoms with E-state index >= 15 is 0 Å². The Morgan fingerprint density at radius 2 is 1.66 bits per heavy atom. The van der Waals surface area contributed by atoms with Gasteiger partial charge in [-0.05, 0) is 58.2 Å². The first-order valence-electron chi connectivity index (χ1n) is 10.9. The molecule has 1 amide bonds. The van der Waals surface area contributed by atoms with Gasteiger partial charge in [0.15, 0.2) is 5.92 Å². The molecular formula is C24H33NO7. The number of methoxy groups -OCH3 is 1. The summed E-state index contributed by atoms with van der Waals surface area (Å²) in [5.41, 5.74) is -0.716. The summed E-state index contributed by atoms with van der Waals surface area (Å²) >= 11 is 0. The number of carbonyl (C=O) groups is 3. The fourth-order valence-electron chi connectivity index (χ4n) is 4.66. The predicted octanol–water partition coefficient (Wildman–Crippen LogP) is 3.80. The summed E-state index contributed by atoms with van der Waals surface area (Å²) < 4.78 is 21.8. The van der Waals surface area contributed by atoms with E-state index in [9.17, 15) is 14.4 Å². The molecule has 2 saturated heterocycles. The van der Waals surface area contributed by atoms with Crippen LogP contribution in [0, 0.1) is 5.92 Å². The van der Waals surface area contributed by atoms with Crippen LogP contribution in [-0.2, 0) is 29.2 Å². The maximum absolute atomic E-state index is 13.1. The highest BCUT2D eigenvalue weighted by Crippen LogP contribution is 2.47. The van der Waals surface area contributed by atoms with Crippen LogP contribution >= 0.6 is 0 Å². The van der Waals surface area contributed by atoms with E-state index in [0.717, 1.165) is 5.56 Å². The van der Waals surface area contributed by atoms with Crippen LogP contribution in [0.2, 0.25) is 0 Å². The van der Waals surface area contributed by atoms with Crippen molar-refractivity contribution >= 4 is 18.0 Å². The van der Waals surface area contributed by atoms with Gasteiger partial charge < -0.3 is 23.8 Å². The summed E-state index contributed by atoms with van der Waals surface area (Å²) in [7, 11) is 1.57. The summed E-state index contributed by atoms with van der Waals surface area (Å²) in [4.78, 5) is 40.6. The molecule has 0 spiro atoms. The van der Waals surface area contributed by atoms with Crippen molar-refractivity contribution in [3.8, 4) is 5.75 Å². The molecule has 1 aromatic carbocycles.